The number of imide groups is 1. The van der Waals surface area contributed by atoms with Crippen LogP contribution in [0.3, 0.4) is 0 Å². The van der Waals surface area contributed by atoms with E-state index in [4.69, 9.17) is 0 Å². The van der Waals surface area contributed by atoms with Crippen LogP contribution in [0.25, 0.3) is 0 Å². The highest BCUT2D eigenvalue weighted by Gasteiger charge is 2.58. The van der Waals surface area contributed by atoms with Crippen LogP contribution in [0.2, 0.25) is 0 Å². The maximum Gasteiger partial charge on any atom is 0.233 e. The van der Waals surface area contributed by atoms with Crippen molar-refractivity contribution in [3.63, 3.8) is 0 Å². The molecule has 2 aliphatic carbocycles. The lowest BCUT2D eigenvalue weighted by atomic mass is 9.85. The Morgan fingerprint density at radius 1 is 1.07 bits per heavy atom. The van der Waals surface area contributed by atoms with Crippen LogP contribution in [-0.2, 0) is 16.1 Å². The van der Waals surface area contributed by atoms with Crippen LogP contribution in [0.1, 0.15) is 12.0 Å². The van der Waals surface area contributed by atoms with E-state index in [9.17, 15) is 9.59 Å². The smallest absolute Gasteiger partial charge is 0.233 e. The minimum atomic E-state index is -0.125. The Hall–Kier alpha value is -2.10. The van der Waals surface area contributed by atoms with Gasteiger partial charge in [0.15, 0.2) is 5.96 Å². The van der Waals surface area contributed by atoms with Crippen molar-refractivity contribution >= 4 is 47.4 Å². The molecule has 1 saturated carbocycles. The van der Waals surface area contributed by atoms with E-state index in [1.807, 2.05) is 14.1 Å². The Kier molecular flexibility index (Phi) is 7.05. The maximum atomic E-state index is 12.7. The SMILES string of the molecule is CN=C(NCCN1C(=O)C2C3C=CC(C3)C2C1=O)NCc1ccc(N(C)C)cc1.I. The zero-order chi connectivity index (χ0) is 20.5. The number of carbonyl (C=O) groups excluding carboxylic acids is 2. The molecule has 2 fully saturated rings. The van der Waals surface area contributed by atoms with Gasteiger partial charge < -0.3 is 15.5 Å². The monoisotopic (exact) mass is 523 g/mol. The van der Waals surface area contributed by atoms with E-state index in [0.717, 1.165) is 17.7 Å². The Bertz CT molecular complexity index is 822. The van der Waals surface area contributed by atoms with E-state index in [1.165, 1.54) is 4.90 Å². The van der Waals surface area contributed by atoms with Crippen molar-refractivity contribution < 1.29 is 9.59 Å². The zero-order valence-corrected chi connectivity index (χ0v) is 20.0. The highest BCUT2D eigenvalue weighted by molar-refractivity contribution is 14.0. The van der Waals surface area contributed by atoms with Crippen LogP contribution < -0.4 is 15.5 Å². The molecule has 2 bridgehead atoms. The quantitative estimate of drug-likeness (QED) is 0.196. The normalized spacial score (nSPS) is 26.6. The molecule has 0 aromatic heterocycles. The molecule has 1 saturated heterocycles. The predicted octanol–water partition coefficient (Wildman–Crippen LogP) is 1.84. The summed E-state index contributed by atoms with van der Waals surface area (Å²) in [6.07, 6.45) is 5.20. The molecular formula is C22H30IN5O2. The van der Waals surface area contributed by atoms with Gasteiger partial charge in [-0.05, 0) is 36.0 Å². The Balaban J connectivity index is 0.00000256. The average molecular weight is 523 g/mol. The van der Waals surface area contributed by atoms with E-state index >= 15 is 0 Å². The summed E-state index contributed by atoms with van der Waals surface area (Å²) in [5.74, 6) is 0.925. The van der Waals surface area contributed by atoms with Crippen LogP contribution in [0.4, 0.5) is 5.69 Å². The number of hydrogen-bond acceptors (Lipinski definition) is 4. The molecule has 4 unspecified atom stereocenters. The number of anilines is 1. The van der Waals surface area contributed by atoms with Crippen molar-refractivity contribution in [2.45, 2.75) is 13.0 Å². The minimum Gasteiger partial charge on any atom is -0.378 e. The van der Waals surface area contributed by atoms with Crippen molar-refractivity contribution in [3.05, 3.63) is 42.0 Å². The number of fused-ring (bicyclic) bond motifs is 5. The molecule has 1 aromatic rings. The summed E-state index contributed by atoms with van der Waals surface area (Å²) < 4.78 is 0. The highest BCUT2D eigenvalue weighted by Crippen LogP contribution is 2.52. The number of guanidine groups is 1. The number of benzene rings is 1. The third-order valence-corrected chi connectivity index (χ3v) is 6.33. The van der Waals surface area contributed by atoms with Gasteiger partial charge in [0.1, 0.15) is 0 Å². The summed E-state index contributed by atoms with van der Waals surface area (Å²) in [6.45, 7) is 1.51. The van der Waals surface area contributed by atoms with Crippen molar-refractivity contribution in [3.8, 4) is 0 Å². The number of aliphatic imine (C=N–C) groups is 1. The Labute approximate surface area is 195 Å². The van der Waals surface area contributed by atoms with Gasteiger partial charge in [-0.2, -0.15) is 0 Å². The Morgan fingerprint density at radius 3 is 2.20 bits per heavy atom. The van der Waals surface area contributed by atoms with Gasteiger partial charge in [-0.15, -0.1) is 24.0 Å². The molecule has 30 heavy (non-hydrogen) atoms. The van der Waals surface area contributed by atoms with Crippen LogP contribution in [0.5, 0.6) is 0 Å². The minimum absolute atomic E-state index is 0. The van der Waals surface area contributed by atoms with E-state index in [1.54, 1.807) is 7.05 Å². The third-order valence-electron chi connectivity index (χ3n) is 6.33. The summed E-state index contributed by atoms with van der Waals surface area (Å²) in [7, 11) is 5.75. The fraction of sp³-hybridized carbons (Fsp3) is 0.500. The predicted molar refractivity (Wildman–Crippen MR) is 129 cm³/mol. The highest BCUT2D eigenvalue weighted by atomic mass is 127. The van der Waals surface area contributed by atoms with Gasteiger partial charge in [0.2, 0.25) is 11.8 Å². The number of allylic oxidation sites excluding steroid dienone is 2. The summed E-state index contributed by atoms with van der Waals surface area (Å²) in [5.41, 5.74) is 2.31. The van der Waals surface area contributed by atoms with Crippen LogP contribution in [0, 0.1) is 23.7 Å². The number of carbonyl (C=O) groups is 2. The molecule has 1 heterocycles. The molecule has 2 amide bonds. The maximum absolute atomic E-state index is 12.7. The second-order valence-corrected chi connectivity index (χ2v) is 8.24. The molecular weight excluding hydrogens is 493 g/mol. The molecule has 162 valence electrons. The van der Waals surface area contributed by atoms with E-state index in [-0.39, 0.29) is 59.5 Å². The van der Waals surface area contributed by atoms with E-state index in [0.29, 0.717) is 25.6 Å². The number of halogens is 1. The van der Waals surface area contributed by atoms with Crippen LogP contribution in [0.15, 0.2) is 41.4 Å². The summed E-state index contributed by atoms with van der Waals surface area (Å²) >= 11 is 0. The fourth-order valence-corrected chi connectivity index (χ4v) is 4.79. The summed E-state index contributed by atoms with van der Waals surface area (Å²) in [6, 6.07) is 8.32. The lowest BCUT2D eigenvalue weighted by molar-refractivity contribution is -0.140. The Morgan fingerprint density at radius 2 is 1.67 bits per heavy atom. The molecule has 7 nitrogen and oxygen atoms in total. The number of amides is 2. The lowest BCUT2D eigenvalue weighted by Crippen LogP contribution is -2.43. The van der Waals surface area contributed by atoms with Crippen LogP contribution >= 0.6 is 24.0 Å². The second-order valence-electron chi connectivity index (χ2n) is 8.24. The molecule has 0 radical (unpaired) electrons. The third kappa shape index (κ3) is 4.19. The molecule has 4 rings (SSSR count). The second kappa shape index (κ2) is 9.36. The van der Waals surface area contributed by atoms with Gasteiger partial charge in [0, 0.05) is 46.5 Å². The first-order valence-corrected chi connectivity index (χ1v) is 10.2. The summed E-state index contributed by atoms with van der Waals surface area (Å²) in [5, 5.41) is 6.48. The molecule has 3 aliphatic rings. The van der Waals surface area contributed by atoms with Gasteiger partial charge in [-0.3, -0.25) is 19.5 Å². The number of rotatable bonds is 6. The number of hydrogen-bond donors (Lipinski definition) is 2. The average Bonchev–Trinajstić information content (AvgIpc) is 3.40. The first-order valence-electron chi connectivity index (χ1n) is 10.2. The van der Waals surface area contributed by atoms with Crippen molar-refractivity contribution in [2.75, 3.05) is 39.1 Å². The topological polar surface area (TPSA) is 77.0 Å². The van der Waals surface area contributed by atoms with Crippen molar-refractivity contribution in [2.24, 2.45) is 28.7 Å². The first-order chi connectivity index (χ1) is 14.0. The fourth-order valence-electron chi connectivity index (χ4n) is 4.79. The largest absolute Gasteiger partial charge is 0.378 e. The number of nitrogens with zero attached hydrogens (tertiary/aromatic N) is 3. The standard InChI is InChI=1S/C22H29N5O2.HI/c1-23-22(25-13-14-4-8-17(9-5-14)26(2)3)24-10-11-27-20(28)18-15-6-7-16(12-15)19(18)21(27)29;/h4-9,15-16,18-19H,10-13H2,1-3H3,(H2,23,24,25);1H. The van der Waals surface area contributed by atoms with Gasteiger partial charge in [-0.25, -0.2) is 0 Å². The van der Waals surface area contributed by atoms with Gasteiger partial charge in [-0.1, -0.05) is 24.3 Å². The molecule has 1 aromatic carbocycles. The van der Waals surface area contributed by atoms with E-state index in [2.05, 4.69) is 56.9 Å². The molecule has 8 heteroatoms. The van der Waals surface area contributed by atoms with Gasteiger partial charge >= 0.3 is 0 Å². The number of likely N-dealkylation sites (tertiary alicyclic amines) is 1. The molecule has 2 N–H and O–H groups in total. The van der Waals surface area contributed by atoms with Crippen molar-refractivity contribution in [1.29, 1.82) is 0 Å². The lowest BCUT2D eigenvalue weighted by Gasteiger charge is -2.19. The van der Waals surface area contributed by atoms with Crippen LogP contribution in [-0.4, -0.2) is 56.9 Å². The number of nitrogens with one attached hydrogen (secondary N) is 2. The van der Waals surface area contributed by atoms with E-state index < -0.39 is 0 Å². The van der Waals surface area contributed by atoms with Gasteiger partial charge in [0.25, 0.3) is 0 Å². The molecule has 4 atom stereocenters. The molecule has 1 aliphatic heterocycles. The summed E-state index contributed by atoms with van der Waals surface area (Å²) in [4.78, 5) is 33.2. The first kappa shape index (κ1) is 22.6. The molecule has 0 spiro atoms. The zero-order valence-electron chi connectivity index (χ0n) is 17.7. The van der Waals surface area contributed by atoms with Crippen molar-refractivity contribution in [1.82, 2.24) is 15.5 Å². The van der Waals surface area contributed by atoms with Gasteiger partial charge in [0.05, 0.1) is 11.8 Å².